The average Bonchev–Trinajstić information content (AvgIpc) is 3.17. The molecule has 0 saturated carbocycles. The van der Waals surface area contributed by atoms with Gasteiger partial charge in [-0.2, -0.15) is 0 Å². The standard InChI is InChI=1S/C25H28N4O5/c1-28-18-14-29(15-20(30)26-13-12-16-8-5-4-6-9-16)24(31)21(18)22(27-25(28)32)17-10-7-11-19(33-2)23(17)34-3/h4-11,22H,12-15H2,1-3H3,(H,26,30)(H,27,32)/t22-/m1/s1. The highest BCUT2D eigenvalue weighted by atomic mass is 16.5. The number of para-hydroxylation sites is 1. The molecule has 2 aromatic carbocycles. The number of nitrogens with zero attached hydrogens (tertiary/aromatic N) is 2. The zero-order valence-electron chi connectivity index (χ0n) is 19.5. The number of urea groups is 1. The number of carbonyl (C=O) groups excluding carboxylic acids is 3. The predicted octanol–water partition coefficient (Wildman–Crippen LogP) is 1.86. The first-order chi connectivity index (χ1) is 16.4. The van der Waals surface area contributed by atoms with Gasteiger partial charge >= 0.3 is 6.03 Å². The lowest BCUT2D eigenvalue weighted by atomic mass is 9.94. The Morgan fingerprint density at radius 2 is 1.85 bits per heavy atom. The fourth-order valence-corrected chi connectivity index (χ4v) is 4.34. The van der Waals surface area contributed by atoms with Crippen molar-refractivity contribution in [2.24, 2.45) is 0 Å². The highest BCUT2D eigenvalue weighted by molar-refractivity contribution is 6.03. The summed E-state index contributed by atoms with van der Waals surface area (Å²) in [6.07, 6.45) is 0.703. The molecule has 2 aromatic rings. The molecule has 0 aliphatic carbocycles. The van der Waals surface area contributed by atoms with Crippen LogP contribution < -0.4 is 20.1 Å². The topological polar surface area (TPSA) is 100 Å². The second-order valence-electron chi connectivity index (χ2n) is 8.13. The summed E-state index contributed by atoms with van der Waals surface area (Å²) in [6.45, 7) is 0.555. The summed E-state index contributed by atoms with van der Waals surface area (Å²) in [6, 6.07) is 14.1. The maximum absolute atomic E-state index is 13.4. The summed E-state index contributed by atoms with van der Waals surface area (Å²) in [5, 5.41) is 5.75. The van der Waals surface area contributed by atoms with Gasteiger partial charge in [-0.3, -0.25) is 14.5 Å². The average molecular weight is 465 g/mol. The summed E-state index contributed by atoms with van der Waals surface area (Å²) < 4.78 is 10.9. The minimum absolute atomic E-state index is 0.0926. The van der Waals surface area contributed by atoms with Gasteiger partial charge in [0.2, 0.25) is 5.91 Å². The number of likely N-dealkylation sites (N-methyl/N-ethyl adjacent to an activating group) is 1. The van der Waals surface area contributed by atoms with E-state index in [4.69, 9.17) is 9.47 Å². The molecule has 178 valence electrons. The van der Waals surface area contributed by atoms with Crippen molar-refractivity contribution in [3.8, 4) is 11.5 Å². The van der Waals surface area contributed by atoms with E-state index < -0.39 is 6.04 Å². The molecule has 2 aliphatic heterocycles. The van der Waals surface area contributed by atoms with Gasteiger partial charge in [-0.05, 0) is 18.1 Å². The molecule has 4 rings (SSSR count). The Morgan fingerprint density at radius 1 is 1.09 bits per heavy atom. The van der Waals surface area contributed by atoms with Crippen LogP contribution in [0, 0.1) is 0 Å². The first-order valence-corrected chi connectivity index (χ1v) is 11.0. The van der Waals surface area contributed by atoms with Crippen LogP contribution in [0.15, 0.2) is 59.8 Å². The lowest BCUT2D eigenvalue weighted by Crippen LogP contribution is -2.45. The largest absolute Gasteiger partial charge is 0.493 e. The summed E-state index contributed by atoms with van der Waals surface area (Å²) >= 11 is 0. The third kappa shape index (κ3) is 4.41. The second kappa shape index (κ2) is 9.86. The SMILES string of the molecule is COc1cccc([C@H]2NC(=O)N(C)C3=C2C(=O)N(CC(=O)NCCc2ccccc2)C3)c1OC. The van der Waals surface area contributed by atoms with E-state index in [0.717, 1.165) is 5.56 Å². The van der Waals surface area contributed by atoms with E-state index in [-0.39, 0.29) is 30.9 Å². The van der Waals surface area contributed by atoms with Crippen LogP contribution in [0.4, 0.5) is 4.79 Å². The van der Waals surface area contributed by atoms with Crippen LogP contribution in [-0.4, -0.2) is 68.5 Å². The van der Waals surface area contributed by atoms with Crippen molar-refractivity contribution in [1.82, 2.24) is 20.4 Å². The third-order valence-electron chi connectivity index (χ3n) is 6.09. The lowest BCUT2D eigenvalue weighted by molar-refractivity contribution is -0.131. The van der Waals surface area contributed by atoms with Gasteiger partial charge in [0.25, 0.3) is 5.91 Å². The molecule has 1 atom stereocenters. The number of hydrogen-bond acceptors (Lipinski definition) is 5. The Morgan fingerprint density at radius 3 is 2.56 bits per heavy atom. The van der Waals surface area contributed by atoms with Crippen LogP contribution in [0.3, 0.4) is 0 Å². The monoisotopic (exact) mass is 464 g/mol. The quantitative estimate of drug-likeness (QED) is 0.621. The molecular formula is C25H28N4O5. The highest BCUT2D eigenvalue weighted by Crippen LogP contribution is 2.42. The van der Waals surface area contributed by atoms with Crippen molar-refractivity contribution in [1.29, 1.82) is 0 Å². The minimum Gasteiger partial charge on any atom is -0.493 e. The number of carbonyl (C=O) groups is 3. The summed E-state index contributed by atoms with van der Waals surface area (Å²) in [5.74, 6) is 0.392. The van der Waals surface area contributed by atoms with Crippen molar-refractivity contribution in [3.63, 3.8) is 0 Å². The van der Waals surface area contributed by atoms with Gasteiger partial charge in [-0.15, -0.1) is 0 Å². The zero-order chi connectivity index (χ0) is 24.2. The van der Waals surface area contributed by atoms with Gasteiger partial charge in [0.1, 0.15) is 6.54 Å². The van der Waals surface area contributed by atoms with Crippen LogP contribution in [-0.2, 0) is 16.0 Å². The molecule has 0 radical (unpaired) electrons. The van der Waals surface area contributed by atoms with Gasteiger partial charge in [0.15, 0.2) is 11.5 Å². The molecule has 0 spiro atoms. The molecule has 0 bridgehead atoms. The molecular weight excluding hydrogens is 436 g/mol. The molecule has 9 nitrogen and oxygen atoms in total. The Balaban J connectivity index is 1.50. The fourth-order valence-electron chi connectivity index (χ4n) is 4.34. The van der Waals surface area contributed by atoms with E-state index in [1.807, 2.05) is 30.3 Å². The Bertz CT molecular complexity index is 1130. The van der Waals surface area contributed by atoms with Crippen molar-refractivity contribution < 1.29 is 23.9 Å². The van der Waals surface area contributed by atoms with E-state index >= 15 is 0 Å². The molecule has 0 fully saturated rings. The van der Waals surface area contributed by atoms with Crippen molar-refractivity contribution >= 4 is 17.8 Å². The van der Waals surface area contributed by atoms with Crippen molar-refractivity contribution in [2.75, 3.05) is 40.9 Å². The van der Waals surface area contributed by atoms with Crippen LogP contribution in [0.25, 0.3) is 0 Å². The van der Waals surface area contributed by atoms with E-state index in [2.05, 4.69) is 10.6 Å². The maximum Gasteiger partial charge on any atom is 0.322 e. The fraction of sp³-hybridized carbons (Fsp3) is 0.320. The molecule has 4 amide bonds. The zero-order valence-corrected chi connectivity index (χ0v) is 19.5. The summed E-state index contributed by atoms with van der Waals surface area (Å²) in [5.41, 5.74) is 2.73. The van der Waals surface area contributed by atoms with Crippen LogP contribution >= 0.6 is 0 Å². The number of nitrogens with one attached hydrogen (secondary N) is 2. The van der Waals surface area contributed by atoms with E-state index in [1.165, 1.54) is 24.0 Å². The normalized spacial score (nSPS) is 17.4. The van der Waals surface area contributed by atoms with Crippen LogP contribution in [0.2, 0.25) is 0 Å². The summed E-state index contributed by atoms with van der Waals surface area (Å²) in [4.78, 5) is 41.5. The second-order valence-corrected chi connectivity index (χ2v) is 8.13. The van der Waals surface area contributed by atoms with Crippen molar-refractivity contribution in [2.45, 2.75) is 12.5 Å². The van der Waals surface area contributed by atoms with Crippen LogP contribution in [0.1, 0.15) is 17.2 Å². The van der Waals surface area contributed by atoms with E-state index in [9.17, 15) is 14.4 Å². The Hall–Kier alpha value is -4.01. The van der Waals surface area contributed by atoms with Gasteiger partial charge in [-0.1, -0.05) is 42.5 Å². The molecule has 0 saturated heterocycles. The number of rotatable bonds is 8. The Kier molecular flexibility index (Phi) is 6.72. The molecule has 2 aliphatic rings. The van der Waals surface area contributed by atoms with Gasteiger partial charge in [-0.25, -0.2) is 4.79 Å². The van der Waals surface area contributed by atoms with E-state index in [0.29, 0.717) is 41.3 Å². The molecule has 34 heavy (non-hydrogen) atoms. The molecule has 2 N–H and O–H groups in total. The number of hydrogen-bond donors (Lipinski definition) is 2. The number of ether oxygens (including phenoxy) is 2. The molecule has 0 unspecified atom stereocenters. The smallest absolute Gasteiger partial charge is 0.322 e. The first-order valence-electron chi connectivity index (χ1n) is 11.0. The third-order valence-corrected chi connectivity index (χ3v) is 6.09. The van der Waals surface area contributed by atoms with Crippen molar-refractivity contribution in [3.05, 3.63) is 70.9 Å². The van der Waals surface area contributed by atoms with Gasteiger partial charge in [0.05, 0.1) is 38.1 Å². The minimum atomic E-state index is -0.720. The highest BCUT2D eigenvalue weighted by Gasteiger charge is 2.44. The molecule has 2 heterocycles. The molecule has 9 heteroatoms. The maximum atomic E-state index is 13.4. The van der Waals surface area contributed by atoms with Gasteiger partial charge < -0.3 is 25.0 Å². The predicted molar refractivity (Wildman–Crippen MR) is 125 cm³/mol. The van der Waals surface area contributed by atoms with Gasteiger partial charge in [0, 0.05) is 19.2 Å². The lowest BCUT2D eigenvalue weighted by Gasteiger charge is -2.31. The Labute approximate surface area is 198 Å². The van der Waals surface area contributed by atoms with E-state index in [1.54, 1.807) is 25.2 Å². The summed E-state index contributed by atoms with van der Waals surface area (Å²) in [7, 11) is 4.65. The number of methoxy groups -OCH3 is 2. The number of amides is 4. The number of benzene rings is 2. The van der Waals surface area contributed by atoms with Crippen LogP contribution in [0.5, 0.6) is 11.5 Å². The molecule has 0 aromatic heterocycles. The first kappa shape index (κ1) is 23.2.